The van der Waals surface area contributed by atoms with Crippen LogP contribution in [0.25, 0.3) is 0 Å². The first-order chi connectivity index (χ1) is 4.29. The summed E-state index contributed by atoms with van der Waals surface area (Å²) in [5, 5.41) is 14.6. The van der Waals surface area contributed by atoms with E-state index in [1.807, 2.05) is 0 Å². The Balaban J connectivity index is 2.58. The molecule has 0 radical (unpaired) electrons. The Morgan fingerprint density at radius 2 is 2.67 bits per heavy atom. The first kappa shape index (κ1) is 5.48. The third-order valence-electron chi connectivity index (χ3n) is 0.509. The smallest absolute Gasteiger partial charge is 0.251 e. The summed E-state index contributed by atoms with van der Waals surface area (Å²) in [6.07, 6.45) is 0.989. The minimum atomic E-state index is -1.00. The topological polar surface area (TPSA) is 91.3 Å². The first-order valence-electron chi connectivity index (χ1n) is 1.89. The zero-order valence-electron chi connectivity index (χ0n) is 4.05. The van der Waals surface area contributed by atoms with Gasteiger partial charge in [0.2, 0.25) is 0 Å². The van der Waals surface area contributed by atoms with Crippen molar-refractivity contribution in [3.05, 3.63) is 16.3 Å². The van der Waals surface area contributed by atoms with Gasteiger partial charge in [0.25, 0.3) is 5.88 Å². The van der Waals surface area contributed by atoms with Crippen LogP contribution in [-0.4, -0.2) is 15.4 Å². The molecule has 0 aliphatic carbocycles. The first-order valence-corrected chi connectivity index (χ1v) is 1.89. The van der Waals surface area contributed by atoms with Gasteiger partial charge in [0.05, 0.1) is 0 Å². The fourth-order valence-corrected chi connectivity index (χ4v) is 0.273. The average molecular weight is 131 g/mol. The highest BCUT2D eigenvalue weighted by molar-refractivity contribution is 4.93. The van der Waals surface area contributed by atoms with Gasteiger partial charge in [0.15, 0.2) is 0 Å². The summed E-state index contributed by atoms with van der Waals surface area (Å²) in [6.45, 7) is 0. The molecule has 0 spiro atoms. The molecule has 0 unspecified atom stereocenters. The fraction of sp³-hybridized carbons (Fsp3) is 0. The largest absolute Gasteiger partial charge is 0.301 e. The van der Waals surface area contributed by atoms with E-state index in [1.165, 1.54) is 0 Å². The highest BCUT2D eigenvalue weighted by atomic mass is 17.0. The Bertz CT molecular complexity index is 194. The van der Waals surface area contributed by atoms with Crippen LogP contribution >= 0.6 is 0 Å². The molecule has 0 amide bonds. The standard InChI is InChI=1S/C2HN3O4/c6-5(7)8-2-1-3-9-4-2/h1H. The van der Waals surface area contributed by atoms with Crippen LogP contribution in [0.3, 0.4) is 0 Å². The zero-order valence-corrected chi connectivity index (χ0v) is 4.05. The summed E-state index contributed by atoms with van der Waals surface area (Å²) in [5.74, 6) is -0.264. The molecule has 1 aromatic rings. The average Bonchev–Trinajstić information content (AvgIpc) is 2.15. The minimum Gasteiger partial charge on any atom is -0.251 e. The predicted octanol–water partition coefficient (Wildman–Crippen LogP) is -0.360. The Labute approximate surface area is 48.3 Å². The highest BCUT2D eigenvalue weighted by Gasteiger charge is 2.01. The second-order valence-electron chi connectivity index (χ2n) is 1.06. The van der Waals surface area contributed by atoms with E-state index < -0.39 is 5.09 Å². The van der Waals surface area contributed by atoms with Crippen LogP contribution < -0.4 is 4.84 Å². The van der Waals surface area contributed by atoms with Gasteiger partial charge in [-0.2, -0.15) is 0 Å². The lowest BCUT2D eigenvalue weighted by molar-refractivity contribution is -0.712. The van der Waals surface area contributed by atoms with Gasteiger partial charge >= 0.3 is 5.09 Å². The van der Waals surface area contributed by atoms with E-state index in [4.69, 9.17) is 0 Å². The molecule has 0 aliphatic rings. The van der Waals surface area contributed by atoms with Crippen LogP contribution in [0.4, 0.5) is 0 Å². The monoisotopic (exact) mass is 131 g/mol. The van der Waals surface area contributed by atoms with E-state index in [0.717, 1.165) is 6.20 Å². The molecule has 1 heterocycles. The van der Waals surface area contributed by atoms with Crippen LogP contribution in [0.2, 0.25) is 0 Å². The maximum absolute atomic E-state index is 9.54. The fourth-order valence-electron chi connectivity index (χ4n) is 0.273. The van der Waals surface area contributed by atoms with Crippen molar-refractivity contribution < 1.29 is 14.6 Å². The van der Waals surface area contributed by atoms with Gasteiger partial charge < -0.3 is 0 Å². The number of hydrogen-bond donors (Lipinski definition) is 0. The molecule has 0 bridgehead atoms. The summed E-state index contributed by atoms with van der Waals surface area (Å²) >= 11 is 0. The molecule has 0 fully saturated rings. The molecular weight excluding hydrogens is 130 g/mol. The Hall–Kier alpha value is -1.66. The van der Waals surface area contributed by atoms with Crippen molar-refractivity contribution in [1.82, 2.24) is 10.3 Å². The molecule has 0 saturated heterocycles. The number of hydrogen-bond acceptors (Lipinski definition) is 6. The molecule has 7 nitrogen and oxygen atoms in total. The SMILES string of the molecule is O=[N+]([O-])Oc1cnon1. The molecular formula is C2HN3O4. The Morgan fingerprint density at radius 3 is 3.11 bits per heavy atom. The molecule has 1 aromatic heterocycles. The highest BCUT2D eigenvalue weighted by Crippen LogP contribution is 1.99. The van der Waals surface area contributed by atoms with Gasteiger partial charge in [-0.25, -0.2) is 4.63 Å². The summed E-state index contributed by atoms with van der Waals surface area (Å²) in [5.41, 5.74) is 0. The van der Waals surface area contributed by atoms with Crippen LogP contribution in [0.1, 0.15) is 0 Å². The van der Waals surface area contributed by atoms with E-state index in [2.05, 4.69) is 19.8 Å². The van der Waals surface area contributed by atoms with Gasteiger partial charge in [0.1, 0.15) is 6.20 Å². The van der Waals surface area contributed by atoms with Crippen LogP contribution in [-0.2, 0) is 0 Å². The molecule has 0 aliphatic heterocycles. The van der Waals surface area contributed by atoms with E-state index in [1.54, 1.807) is 0 Å². The molecule has 7 heteroatoms. The summed E-state index contributed by atoms with van der Waals surface area (Å²) < 4.78 is 3.99. The summed E-state index contributed by atoms with van der Waals surface area (Å²) in [4.78, 5) is 13.3. The van der Waals surface area contributed by atoms with E-state index in [-0.39, 0.29) is 5.88 Å². The molecule has 48 valence electrons. The lowest BCUT2D eigenvalue weighted by Gasteiger charge is -1.83. The van der Waals surface area contributed by atoms with Gasteiger partial charge in [-0.3, -0.25) is 4.84 Å². The van der Waals surface area contributed by atoms with Crippen molar-refractivity contribution in [1.29, 1.82) is 0 Å². The minimum absolute atomic E-state index is 0.264. The molecule has 0 N–H and O–H groups in total. The quantitative estimate of drug-likeness (QED) is 0.402. The zero-order chi connectivity index (χ0) is 6.69. The third-order valence-corrected chi connectivity index (χ3v) is 0.509. The van der Waals surface area contributed by atoms with E-state index in [9.17, 15) is 10.1 Å². The van der Waals surface area contributed by atoms with Crippen molar-refractivity contribution in [2.75, 3.05) is 0 Å². The maximum atomic E-state index is 9.54. The Kier molecular flexibility index (Phi) is 1.26. The van der Waals surface area contributed by atoms with Gasteiger partial charge in [-0.05, 0) is 5.16 Å². The summed E-state index contributed by atoms with van der Waals surface area (Å²) in [6, 6.07) is 0. The second-order valence-corrected chi connectivity index (χ2v) is 1.06. The van der Waals surface area contributed by atoms with Crippen LogP contribution in [0.5, 0.6) is 5.88 Å². The molecule has 0 saturated carbocycles. The molecule has 9 heavy (non-hydrogen) atoms. The van der Waals surface area contributed by atoms with Crippen molar-refractivity contribution in [2.45, 2.75) is 0 Å². The van der Waals surface area contributed by atoms with Crippen molar-refractivity contribution >= 4 is 0 Å². The van der Waals surface area contributed by atoms with Crippen LogP contribution in [0, 0.1) is 10.1 Å². The van der Waals surface area contributed by atoms with Crippen LogP contribution in [0.15, 0.2) is 10.8 Å². The van der Waals surface area contributed by atoms with Gasteiger partial charge in [-0.15, -0.1) is 10.1 Å². The Morgan fingerprint density at radius 1 is 1.89 bits per heavy atom. The molecule has 0 aromatic carbocycles. The summed E-state index contributed by atoms with van der Waals surface area (Å²) in [7, 11) is 0. The van der Waals surface area contributed by atoms with Gasteiger partial charge in [0, 0.05) is 0 Å². The number of rotatable bonds is 2. The normalized spacial score (nSPS) is 8.89. The lowest BCUT2D eigenvalue weighted by atomic mass is 10.9. The number of nitrogens with zero attached hydrogens (tertiary/aromatic N) is 3. The van der Waals surface area contributed by atoms with Crippen molar-refractivity contribution in [3.8, 4) is 5.88 Å². The maximum Gasteiger partial charge on any atom is 0.301 e. The predicted molar refractivity (Wildman–Crippen MR) is 21.9 cm³/mol. The number of aromatic nitrogens is 2. The van der Waals surface area contributed by atoms with Crippen molar-refractivity contribution in [2.24, 2.45) is 0 Å². The molecule has 0 atom stereocenters. The van der Waals surface area contributed by atoms with E-state index in [0.29, 0.717) is 0 Å². The second kappa shape index (κ2) is 2.07. The molecule has 1 rings (SSSR count). The van der Waals surface area contributed by atoms with Gasteiger partial charge in [-0.1, -0.05) is 5.16 Å². The van der Waals surface area contributed by atoms with E-state index >= 15 is 0 Å². The third kappa shape index (κ3) is 1.37. The van der Waals surface area contributed by atoms with Crippen molar-refractivity contribution in [3.63, 3.8) is 0 Å². The lowest BCUT2D eigenvalue weighted by Crippen LogP contribution is -2.03.